The summed E-state index contributed by atoms with van der Waals surface area (Å²) in [5, 5.41) is 0. The third-order valence-electron chi connectivity index (χ3n) is 2.06. The molecule has 1 fully saturated rings. The molecule has 0 amide bonds. The molecule has 0 saturated carbocycles. The van der Waals surface area contributed by atoms with Gasteiger partial charge >= 0.3 is 0 Å². The average Bonchev–Trinajstić information content (AvgIpc) is 2.06. The van der Waals surface area contributed by atoms with Crippen molar-refractivity contribution in [2.24, 2.45) is 0 Å². The number of unbranched alkanes of at least 4 members (excludes halogenated alkanes) is 3. The van der Waals surface area contributed by atoms with E-state index in [9.17, 15) is 0 Å². The van der Waals surface area contributed by atoms with Gasteiger partial charge in [0.2, 0.25) is 0 Å². The van der Waals surface area contributed by atoms with Crippen molar-refractivity contribution in [2.75, 3.05) is 13.4 Å². The first-order valence-corrected chi connectivity index (χ1v) is 5.27. The van der Waals surface area contributed by atoms with E-state index in [-0.39, 0.29) is 6.48 Å². The molecule has 1 heterocycles. The first-order chi connectivity index (χ1) is 6.79. The summed E-state index contributed by atoms with van der Waals surface area (Å²) >= 11 is 0. The van der Waals surface area contributed by atoms with Crippen molar-refractivity contribution in [3.05, 3.63) is 11.6 Å². The van der Waals surface area contributed by atoms with Crippen molar-refractivity contribution < 1.29 is 14.2 Å². The summed E-state index contributed by atoms with van der Waals surface area (Å²) in [6.07, 6.45) is 6.98. The monoisotopic (exact) mass is 200 g/mol. The van der Waals surface area contributed by atoms with Gasteiger partial charge in [0.05, 0.1) is 6.61 Å². The third-order valence-corrected chi connectivity index (χ3v) is 2.06. The van der Waals surface area contributed by atoms with E-state index in [1.54, 1.807) is 0 Å². The highest BCUT2D eigenvalue weighted by Crippen LogP contribution is 2.09. The van der Waals surface area contributed by atoms with Crippen molar-refractivity contribution in [2.45, 2.75) is 46.0 Å². The molecule has 0 unspecified atom stereocenters. The van der Waals surface area contributed by atoms with E-state index in [1.807, 2.05) is 0 Å². The molecule has 1 rings (SSSR count). The summed E-state index contributed by atoms with van der Waals surface area (Å²) < 4.78 is 15.1. The lowest BCUT2D eigenvalue weighted by Crippen LogP contribution is -2.33. The first kappa shape index (κ1) is 11.7. The molecule has 0 spiro atoms. The summed E-state index contributed by atoms with van der Waals surface area (Å²) in [6.45, 7) is 5.00. The van der Waals surface area contributed by atoms with Crippen LogP contribution < -0.4 is 0 Å². The van der Waals surface area contributed by atoms with Crippen molar-refractivity contribution >= 4 is 0 Å². The number of hydrogen-bond donors (Lipinski definition) is 0. The minimum absolute atomic E-state index is 0.380. The van der Waals surface area contributed by atoms with Crippen LogP contribution in [0.15, 0.2) is 11.6 Å². The molecule has 0 radical (unpaired) electrons. The smallest absolute Gasteiger partial charge is 0.275 e. The largest absolute Gasteiger partial charge is 0.330 e. The Morgan fingerprint density at radius 1 is 1.29 bits per heavy atom. The van der Waals surface area contributed by atoms with E-state index in [2.05, 4.69) is 19.9 Å². The summed E-state index contributed by atoms with van der Waals surface area (Å²) in [5.41, 5.74) is 1.40. The standard InChI is InChI=1S/C11H20O3/c1-10(2)7-5-3-4-6-8-12-11-13-9-14-11/h7,11H,3-6,8-9H2,1-2H3. The second-order valence-corrected chi connectivity index (χ2v) is 3.74. The van der Waals surface area contributed by atoms with Gasteiger partial charge in [-0.3, -0.25) is 0 Å². The van der Waals surface area contributed by atoms with Crippen LogP contribution in [0.1, 0.15) is 39.5 Å². The van der Waals surface area contributed by atoms with Gasteiger partial charge in [-0.2, -0.15) is 0 Å². The lowest BCUT2D eigenvalue weighted by Gasteiger charge is -2.25. The molecule has 0 aromatic carbocycles. The third kappa shape index (κ3) is 5.37. The Hall–Kier alpha value is -0.380. The highest BCUT2D eigenvalue weighted by molar-refractivity contribution is 4.92. The number of ether oxygens (including phenoxy) is 3. The number of allylic oxidation sites excluding steroid dienone is 2. The van der Waals surface area contributed by atoms with Gasteiger partial charge in [-0.15, -0.1) is 0 Å². The van der Waals surface area contributed by atoms with E-state index in [4.69, 9.17) is 14.2 Å². The summed E-state index contributed by atoms with van der Waals surface area (Å²) in [5.74, 6) is 0. The van der Waals surface area contributed by atoms with Crippen LogP contribution in [-0.2, 0) is 14.2 Å². The average molecular weight is 200 g/mol. The van der Waals surface area contributed by atoms with Gasteiger partial charge in [0, 0.05) is 0 Å². The van der Waals surface area contributed by atoms with E-state index < -0.39 is 0 Å². The molecule has 0 N–H and O–H groups in total. The second kappa shape index (κ2) is 6.98. The van der Waals surface area contributed by atoms with Crippen LogP contribution in [0.2, 0.25) is 0 Å². The molecule has 0 atom stereocenters. The van der Waals surface area contributed by atoms with E-state index in [0.29, 0.717) is 6.79 Å². The number of hydrogen-bond acceptors (Lipinski definition) is 3. The quantitative estimate of drug-likeness (QED) is 0.467. The first-order valence-electron chi connectivity index (χ1n) is 5.27. The Morgan fingerprint density at radius 3 is 2.64 bits per heavy atom. The Bertz CT molecular complexity index is 169. The molecule has 82 valence electrons. The van der Waals surface area contributed by atoms with Gasteiger partial charge in [-0.25, -0.2) is 0 Å². The SMILES string of the molecule is CC(C)=CCCCCCOC1OCO1. The summed E-state index contributed by atoms with van der Waals surface area (Å²) in [7, 11) is 0. The Morgan fingerprint density at radius 2 is 2.07 bits per heavy atom. The van der Waals surface area contributed by atoms with Crippen LogP contribution in [0.5, 0.6) is 0 Å². The topological polar surface area (TPSA) is 27.7 Å². The fourth-order valence-corrected chi connectivity index (χ4v) is 1.21. The lowest BCUT2D eigenvalue weighted by molar-refractivity contribution is -0.420. The van der Waals surface area contributed by atoms with Crippen LogP contribution in [-0.4, -0.2) is 19.9 Å². The summed E-state index contributed by atoms with van der Waals surface area (Å²) in [4.78, 5) is 0. The van der Waals surface area contributed by atoms with Crippen LogP contribution >= 0.6 is 0 Å². The van der Waals surface area contributed by atoms with Gasteiger partial charge in [0.25, 0.3) is 6.48 Å². The lowest BCUT2D eigenvalue weighted by atomic mass is 10.1. The Balaban J connectivity index is 1.77. The minimum Gasteiger partial charge on any atom is -0.330 e. The molecule has 0 aliphatic carbocycles. The van der Waals surface area contributed by atoms with E-state index in [0.717, 1.165) is 13.0 Å². The molecule has 14 heavy (non-hydrogen) atoms. The Labute approximate surface area is 86.0 Å². The molecule has 3 nitrogen and oxygen atoms in total. The van der Waals surface area contributed by atoms with Gasteiger partial charge in [0.15, 0.2) is 6.79 Å². The van der Waals surface area contributed by atoms with E-state index >= 15 is 0 Å². The van der Waals surface area contributed by atoms with Crippen LogP contribution in [0.25, 0.3) is 0 Å². The molecular formula is C11H20O3. The normalized spacial score (nSPS) is 16.4. The van der Waals surface area contributed by atoms with Gasteiger partial charge < -0.3 is 14.2 Å². The minimum atomic E-state index is -0.382. The Kier molecular flexibility index (Phi) is 5.83. The molecule has 0 aromatic heterocycles. The fourth-order valence-electron chi connectivity index (χ4n) is 1.21. The second-order valence-electron chi connectivity index (χ2n) is 3.74. The molecule has 0 aromatic rings. The molecule has 0 bridgehead atoms. The maximum atomic E-state index is 5.25. The van der Waals surface area contributed by atoms with Crippen molar-refractivity contribution in [3.8, 4) is 0 Å². The van der Waals surface area contributed by atoms with Crippen LogP contribution in [0.3, 0.4) is 0 Å². The molecule has 1 aliphatic rings. The van der Waals surface area contributed by atoms with E-state index in [1.165, 1.54) is 24.8 Å². The summed E-state index contributed by atoms with van der Waals surface area (Å²) in [6, 6.07) is 0. The van der Waals surface area contributed by atoms with Gasteiger partial charge in [0.1, 0.15) is 0 Å². The van der Waals surface area contributed by atoms with Crippen LogP contribution in [0, 0.1) is 0 Å². The van der Waals surface area contributed by atoms with Crippen LogP contribution in [0.4, 0.5) is 0 Å². The predicted octanol–water partition coefficient (Wildman–Crippen LogP) is 2.82. The van der Waals surface area contributed by atoms with Gasteiger partial charge in [-0.1, -0.05) is 18.1 Å². The fraction of sp³-hybridized carbons (Fsp3) is 0.818. The predicted molar refractivity (Wildman–Crippen MR) is 54.7 cm³/mol. The highest BCUT2D eigenvalue weighted by atomic mass is 17.0. The number of rotatable bonds is 7. The zero-order valence-electron chi connectivity index (χ0n) is 9.12. The zero-order valence-corrected chi connectivity index (χ0v) is 9.12. The zero-order chi connectivity index (χ0) is 10.2. The molecule has 3 heteroatoms. The molecule has 1 aliphatic heterocycles. The molecule has 1 saturated heterocycles. The van der Waals surface area contributed by atoms with Crippen molar-refractivity contribution in [1.82, 2.24) is 0 Å². The maximum Gasteiger partial charge on any atom is 0.275 e. The molecular weight excluding hydrogens is 180 g/mol. The van der Waals surface area contributed by atoms with Crippen molar-refractivity contribution in [1.29, 1.82) is 0 Å². The van der Waals surface area contributed by atoms with Gasteiger partial charge in [-0.05, 0) is 33.1 Å². The van der Waals surface area contributed by atoms with Crippen molar-refractivity contribution in [3.63, 3.8) is 0 Å². The maximum absolute atomic E-state index is 5.25. The highest BCUT2D eigenvalue weighted by Gasteiger charge is 2.18.